The van der Waals surface area contributed by atoms with Crippen LogP contribution in [0, 0.1) is 0 Å². The number of aliphatic hydroxyl groups excluding tert-OH is 1. The molecule has 0 fully saturated rings. The van der Waals surface area contributed by atoms with Crippen molar-refractivity contribution >= 4 is 27.5 Å². The third kappa shape index (κ3) is 2.07. The third-order valence-corrected chi connectivity index (χ3v) is 2.91. The van der Waals surface area contributed by atoms with Crippen molar-refractivity contribution in [3.63, 3.8) is 0 Å². The molecule has 0 radical (unpaired) electrons. The van der Waals surface area contributed by atoms with Gasteiger partial charge in [-0.1, -0.05) is 11.6 Å². The molecule has 0 aromatic carbocycles. The van der Waals surface area contributed by atoms with Crippen molar-refractivity contribution < 1.29 is 9.52 Å². The second-order valence-corrected chi connectivity index (χ2v) is 4.17. The molecule has 1 atom stereocenters. The maximum atomic E-state index is 9.97. The molecule has 0 aliphatic heterocycles. The minimum absolute atomic E-state index is 0.384. The van der Waals surface area contributed by atoms with Crippen LogP contribution in [-0.4, -0.2) is 10.1 Å². The molecule has 0 aliphatic rings. The van der Waals surface area contributed by atoms with Gasteiger partial charge in [0.1, 0.15) is 0 Å². The van der Waals surface area contributed by atoms with Crippen LogP contribution < -0.4 is 0 Å². The number of halogens is 2. The molecule has 0 saturated heterocycles. The molecule has 0 spiro atoms. The smallest absolute Gasteiger partial charge is 0.156 e. The van der Waals surface area contributed by atoms with Gasteiger partial charge in [0.15, 0.2) is 11.9 Å². The summed E-state index contributed by atoms with van der Waals surface area (Å²) in [6.45, 7) is 0. The largest absolute Gasteiger partial charge is 0.465 e. The van der Waals surface area contributed by atoms with E-state index in [1.54, 1.807) is 24.4 Å². The molecule has 0 saturated carbocycles. The summed E-state index contributed by atoms with van der Waals surface area (Å²) in [7, 11) is 0. The van der Waals surface area contributed by atoms with E-state index in [9.17, 15) is 5.11 Å². The van der Waals surface area contributed by atoms with Crippen molar-refractivity contribution in [2.45, 2.75) is 6.10 Å². The number of furan rings is 1. The van der Waals surface area contributed by atoms with E-state index in [4.69, 9.17) is 16.0 Å². The second-order valence-electron chi connectivity index (χ2n) is 2.91. The van der Waals surface area contributed by atoms with E-state index in [0.29, 0.717) is 20.9 Å². The Labute approximate surface area is 99.8 Å². The minimum atomic E-state index is -0.955. The Hall–Kier alpha value is -0.840. The molecule has 0 aliphatic carbocycles. The van der Waals surface area contributed by atoms with E-state index >= 15 is 0 Å². The van der Waals surface area contributed by atoms with E-state index < -0.39 is 6.10 Å². The molecule has 1 unspecified atom stereocenters. The first-order chi connectivity index (χ1) is 7.20. The van der Waals surface area contributed by atoms with Crippen LogP contribution in [0.5, 0.6) is 0 Å². The van der Waals surface area contributed by atoms with E-state index in [1.807, 2.05) is 0 Å². The van der Waals surface area contributed by atoms with Gasteiger partial charge in [0.05, 0.1) is 21.5 Å². The maximum absolute atomic E-state index is 9.97. The zero-order valence-electron chi connectivity index (χ0n) is 7.52. The van der Waals surface area contributed by atoms with Gasteiger partial charge in [-0.25, -0.2) is 0 Å². The summed E-state index contributed by atoms with van der Waals surface area (Å²) >= 11 is 9.17. The summed E-state index contributed by atoms with van der Waals surface area (Å²) in [5.41, 5.74) is 0.384. The van der Waals surface area contributed by atoms with Crippen LogP contribution in [0.25, 0.3) is 0 Å². The predicted octanol–water partition coefficient (Wildman–Crippen LogP) is 3.17. The van der Waals surface area contributed by atoms with Crippen molar-refractivity contribution in [2.24, 2.45) is 0 Å². The van der Waals surface area contributed by atoms with Crippen LogP contribution in [0.15, 0.2) is 39.5 Å². The van der Waals surface area contributed by atoms with Gasteiger partial charge in [0.25, 0.3) is 0 Å². The lowest BCUT2D eigenvalue weighted by atomic mass is 10.2. The minimum Gasteiger partial charge on any atom is -0.465 e. The molecule has 0 amide bonds. The average molecular weight is 289 g/mol. The summed E-state index contributed by atoms with van der Waals surface area (Å²) in [5.74, 6) is 0.399. The average Bonchev–Trinajstić information content (AvgIpc) is 2.64. The molecular formula is C10H7BrClNO2. The molecule has 5 heteroatoms. The predicted molar refractivity (Wildman–Crippen MR) is 59.7 cm³/mol. The van der Waals surface area contributed by atoms with Crippen molar-refractivity contribution in [2.75, 3.05) is 0 Å². The standard InChI is InChI=1S/C10H7BrClNO2/c11-6-3-5-15-10(6)9(14)8-7(12)2-1-4-13-8/h1-5,9,14H. The van der Waals surface area contributed by atoms with Gasteiger partial charge in [0, 0.05) is 6.20 Å². The van der Waals surface area contributed by atoms with Gasteiger partial charge in [-0.2, -0.15) is 0 Å². The topological polar surface area (TPSA) is 46.3 Å². The summed E-state index contributed by atoms with van der Waals surface area (Å²) in [4.78, 5) is 4.01. The lowest BCUT2D eigenvalue weighted by Gasteiger charge is -2.09. The third-order valence-electron chi connectivity index (χ3n) is 1.94. The molecule has 2 aromatic heterocycles. The van der Waals surface area contributed by atoms with Crippen LogP contribution in [0.4, 0.5) is 0 Å². The Morgan fingerprint density at radius 3 is 2.87 bits per heavy atom. The van der Waals surface area contributed by atoms with Crippen molar-refractivity contribution in [3.8, 4) is 0 Å². The maximum Gasteiger partial charge on any atom is 0.156 e. The first-order valence-electron chi connectivity index (χ1n) is 4.21. The van der Waals surface area contributed by atoms with Crippen LogP contribution in [0.1, 0.15) is 17.6 Å². The van der Waals surface area contributed by atoms with E-state index in [1.165, 1.54) is 6.26 Å². The highest BCUT2D eigenvalue weighted by Gasteiger charge is 2.20. The van der Waals surface area contributed by atoms with E-state index in [-0.39, 0.29) is 0 Å². The highest BCUT2D eigenvalue weighted by atomic mass is 79.9. The van der Waals surface area contributed by atoms with Crippen molar-refractivity contribution in [3.05, 3.63) is 51.6 Å². The van der Waals surface area contributed by atoms with Crippen LogP contribution in [0.3, 0.4) is 0 Å². The number of hydrogen-bond donors (Lipinski definition) is 1. The van der Waals surface area contributed by atoms with Gasteiger partial charge in [-0.05, 0) is 34.1 Å². The quantitative estimate of drug-likeness (QED) is 0.923. The Balaban J connectivity index is 2.41. The fourth-order valence-electron chi connectivity index (χ4n) is 1.22. The first-order valence-corrected chi connectivity index (χ1v) is 5.38. The Morgan fingerprint density at radius 2 is 2.27 bits per heavy atom. The molecule has 2 heterocycles. The van der Waals surface area contributed by atoms with Gasteiger partial charge in [0.2, 0.25) is 0 Å². The van der Waals surface area contributed by atoms with Gasteiger partial charge in [-0.15, -0.1) is 0 Å². The van der Waals surface area contributed by atoms with Crippen LogP contribution >= 0.6 is 27.5 Å². The fourth-order valence-corrected chi connectivity index (χ4v) is 1.87. The number of aromatic nitrogens is 1. The summed E-state index contributed by atoms with van der Waals surface area (Å²) in [6, 6.07) is 5.08. The molecule has 1 N–H and O–H groups in total. The first kappa shape index (κ1) is 10.7. The summed E-state index contributed by atoms with van der Waals surface area (Å²) < 4.78 is 5.83. The molecule has 15 heavy (non-hydrogen) atoms. The second kappa shape index (κ2) is 4.35. The number of hydrogen-bond acceptors (Lipinski definition) is 3. The zero-order valence-corrected chi connectivity index (χ0v) is 9.86. The summed E-state index contributed by atoms with van der Waals surface area (Å²) in [5, 5.41) is 10.4. The number of nitrogens with zero attached hydrogens (tertiary/aromatic N) is 1. The number of pyridine rings is 1. The van der Waals surface area contributed by atoms with E-state index in [0.717, 1.165) is 0 Å². The number of aliphatic hydroxyl groups is 1. The monoisotopic (exact) mass is 287 g/mol. The molecule has 0 bridgehead atoms. The fraction of sp³-hybridized carbons (Fsp3) is 0.100. The molecule has 2 rings (SSSR count). The molecular weight excluding hydrogens is 281 g/mol. The van der Waals surface area contributed by atoms with Crippen molar-refractivity contribution in [1.82, 2.24) is 4.98 Å². The van der Waals surface area contributed by atoms with Gasteiger partial charge >= 0.3 is 0 Å². The van der Waals surface area contributed by atoms with E-state index in [2.05, 4.69) is 20.9 Å². The molecule has 2 aromatic rings. The lowest BCUT2D eigenvalue weighted by molar-refractivity contribution is 0.184. The molecule has 78 valence electrons. The molecule has 3 nitrogen and oxygen atoms in total. The van der Waals surface area contributed by atoms with Gasteiger partial charge < -0.3 is 9.52 Å². The lowest BCUT2D eigenvalue weighted by Crippen LogP contribution is -2.02. The highest BCUT2D eigenvalue weighted by Crippen LogP contribution is 2.31. The zero-order chi connectivity index (χ0) is 10.8. The Morgan fingerprint density at radius 1 is 1.47 bits per heavy atom. The van der Waals surface area contributed by atoms with Crippen molar-refractivity contribution in [1.29, 1.82) is 0 Å². The highest BCUT2D eigenvalue weighted by molar-refractivity contribution is 9.10. The Kier molecular flexibility index (Phi) is 3.09. The normalized spacial score (nSPS) is 12.7. The van der Waals surface area contributed by atoms with Gasteiger partial charge in [-0.3, -0.25) is 4.98 Å². The summed E-state index contributed by atoms with van der Waals surface area (Å²) in [6.07, 6.45) is 2.10. The van der Waals surface area contributed by atoms with Crippen LogP contribution in [0.2, 0.25) is 5.02 Å². The SMILES string of the molecule is OC(c1ncccc1Cl)c1occc1Br. The van der Waals surface area contributed by atoms with Crippen LogP contribution in [-0.2, 0) is 0 Å². The number of rotatable bonds is 2. The Bertz CT molecular complexity index is 472.